The van der Waals surface area contributed by atoms with Gasteiger partial charge in [0.1, 0.15) is 0 Å². The van der Waals surface area contributed by atoms with Crippen molar-refractivity contribution < 1.29 is 14.7 Å². The van der Waals surface area contributed by atoms with Crippen LogP contribution in [0.1, 0.15) is 39.5 Å². The third-order valence-corrected chi connectivity index (χ3v) is 3.04. The molecule has 0 aromatic rings. The summed E-state index contributed by atoms with van der Waals surface area (Å²) in [6.07, 6.45) is 2.52. The van der Waals surface area contributed by atoms with Gasteiger partial charge in [0.15, 0.2) is 0 Å². The average molecular weight is 242 g/mol. The number of nitrogens with two attached hydrogens (primary N) is 1. The summed E-state index contributed by atoms with van der Waals surface area (Å²) in [7, 11) is 0. The summed E-state index contributed by atoms with van der Waals surface area (Å²) in [4.78, 5) is 24.3. The van der Waals surface area contributed by atoms with Gasteiger partial charge in [0.25, 0.3) is 0 Å². The van der Waals surface area contributed by atoms with Gasteiger partial charge in [-0.3, -0.25) is 9.59 Å². The molecule has 1 rings (SSSR count). The summed E-state index contributed by atoms with van der Waals surface area (Å²) in [5.74, 6) is -0.410. The van der Waals surface area contributed by atoms with Crippen molar-refractivity contribution in [2.24, 2.45) is 11.7 Å². The first-order chi connectivity index (χ1) is 7.91. The van der Waals surface area contributed by atoms with Crippen LogP contribution in [0.2, 0.25) is 0 Å². The number of carboxylic acid groups (broad SMARTS) is 1. The van der Waals surface area contributed by atoms with Gasteiger partial charge in [0, 0.05) is 19.0 Å². The van der Waals surface area contributed by atoms with Gasteiger partial charge in [-0.2, -0.15) is 0 Å². The van der Waals surface area contributed by atoms with Crippen LogP contribution in [0, 0.1) is 5.92 Å². The van der Waals surface area contributed by atoms with E-state index in [1.165, 1.54) is 12.8 Å². The molecule has 3 N–H and O–H groups in total. The second-order valence-corrected chi connectivity index (χ2v) is 5.07. The van der Waals surface area contributed by atoms with E-state index in [1.54, 1.807) is 4.90 Å². The van der Waals surface area contributed by atoms with E-state index in [1.807, 2.05) is 13.8 Å². The zero-order chi connectivity index (χ0) is 13.0. The number of nitrogens with zero attached hydrogens (tertiary/aromatic N) is 1. The lowest BCUT2D eigenvalue weighted by Gasteiger charge is -2.29. The van der Waals surface area contributed by atoms with Crippen molar-refractivity contribution in [3.8, 4) is 0 Å². The van der Waals surface area contributed by atoms with E-state index in [-0.39, 0.29) is 24.8 Å². The lowest BCUT2D eigenvalue weighted by molar-refractivity contribution is -0.138. The number of carboxylic acids is 1. The van der Waals surface area contributed by atoms with E-state index in [0.29, 0.717) is 5.92 Å². The number of rotatable bonds is 7. The molecule has 0 spiro atoms. The molecular weight excluding hydrogens is 220 g/mol. The molecule has 1 fully saturated rings. The van der Waals surface area contributed by atoms with E-state index in [9.17, 15) is 9.59 Å². The zero-order valence-electron chi connectivity index (χ0n) is 10.6. The maximum absolute atomic E-state index is 12.1. The van der Waals surface area contributed by atoms with Crippen LogP contribution in [-0.4, -0.2) is 40.5 Å². The molecule has 1 amide bonds. The Labute approximate surface area is 102 Å². The molecule has 17 heavy (non-hydrogen) atoms. The van der Waals surface area contributed by atoms with Crippen LogP contribution < -0.4 is 5.73 Å². The van der Waals surface area contributed by atoms with Gasteiger partial charge < -0.3 is 15.7 Å². The maximum atomic E-state index is 12.1. The highest BCUT2D eigenvalue weighted by atomic mass is 16.4. The third-order valence-electron chi connectivity index (χ3n) is 3.04. The molecule has 5 heteroatoms. The van der Waals surface area contributed by atoms with Crippen LogP contribution in [0.15, 0.2) is 0 Å². The molecule has 1 saturated carbocycles. The van der Waals surface area contributed by atoms with Crippen molar-refractivity contribution in [1.82, 2.24) is 4.90 Å². The normalized spacial score (nSPS) is 16.9. The summed E-state index contributed by atoms with van der Waals surface area (Å²) in [5.41, 5.74) is 5.75. The SMILES string of the molecule is CC(C)N(CC1CC1)C(=O)C(N)CCC(=O)O. The molecule has 0 aromatic heterocycles. The molecule has 0 bridgehead atoms. The Bertz CT molecular complexity index is 287. The van der Waals surface area contributed by atoms with Gasteiger partial charge in [-0.05, 0) is 39.0 Å². The topological polar surface area (TPSA) is 83.6 Å². The summed E-state index contributed by atoms with van der Waals surface area (Å²) in [6.45, 7) is 4.69. The molecule has 0 saturated heterocycles. The Morgan fingerprint density at radius 1 is 1.41 bits per heavy atom. The van der Waals surface area contributed by atoms with Crippen LogP contribution in [0.3, 0.4) is 0 Å². The quantitative estimate of drug-likeness (QED) is 0.692. The van der Waals surface area contributed by atoms with Crippen LogP contribution in [0.25, 0.3) is 0 Å². The summed E-state index contributed by atoms with van der Waals surface area (Å²) >= 11 is 0. The molecule has 1 aliphatic carbocycles. The van der Waals surface area contributed by atoms with E-state index in [2.05, 4.69) is 0 Å². The second kappa shape index (κ2) is 6.00. The highest BCUT2D eigenvalue weighted by molar-refractivity contribution is 5.82. The molecule has 0 heterocycles. The predicted molar refractivity (Wildman–Crippen MR) is 64.4 cm³/mol. The van der Waals surface area contributed by atoms with Crippen molar-refractivity contribution in [2.45, 2.75) is 51.6 Å². The first kappa shape index (κ1) is 14.0. The number of carbonyl (C=O) groups excluding carboxylic acids is 1. The molecule has 0 radical (unpaired) electrons. The zero-order valence-corrected chi connectivity index (χ0v) is 10.6. The minimum absolute atomic E-state index is 0.0533. The van der Waals surface area contributed by atoms with Crippen LogP contribution in [0.5, 0.6) is 0 Å². The van der Waals surface area contributed by atoms with E-state index in [0.717, 1.165) is 6.54 Å². The first-order valence-electron chi connectivity index (χ1n) is 6.19. The van der Waals surface area contributed by atoms with Crippen LogP contribution >= 0.6 is 0 Å². The average Bonchev–Trinajstić information content (AvgIpc) is 3.04. The summed E-state index contributed by atoms with van der Waals surface area (Å²) < 4.78 is 0. The standard InChI is InChI=1S/C12H22N2O3/c1-8(2)14(7-9-3-4-9)12(17)10(13)5-6-11(15)16/h8-10H,3-7,13H2,1-2H3,(H,15,16). The summed E-state index contributed by atoms with van der Waals surface area (Å²) in [6, 6.07) is -0.564. The Hall–Kier alpha value is -1.10. The maximum Gasteiger partial charge on any atom is 0.303 e. The fraction of sp³-hybridized carbons (Fsp3) is 0.833. The molecule has 0 aromatic carbocycles. The highest BCUT2D eigenvalue weighted by Crippen LogP contribution is 2.30. The number of aliphatic carboxylic acids is 1. The van der Waals surface area contributed by atoms with Gasteiger partial charge >= 0.3 is 5.97 Å². The van der Waals surface area contributed by atoms with Gasteiger partial charge in [-0.15, -0.1) is 0 Å². The molecular formula is C12H22N2O3. The van der Waals surface area contributed by atoms with Crippen LogP contribution in [-0.2, 0) is 9.59 Å². The minimum Gasteiger partial charge on any atom is -0.481 e. The molecule has 1 aliphatic rings. The van der Waals surface area contributed by atoms with Crippen LogP contribution in [0.4, 0.5) is 0 Å². The third kappa shape index (κ3) is 4.73. The smallest absolute Gasteiger partial charge is 0.303 e. The van der Waals surface area contributed by atoms with Gasteiger partial charge in [0.05, 0.1) is 6.04 Å². The Morgan fingerprint density at radius 2 is 2.00 bits per heavy atom. The number of carbonyl (C=O) groups is 2. The van der Waals surface area contributed by atoms with Crippen molar-refractivity contribution in [3.63, 3.8) is 0 Å². The molecule has 5 nitrogen and oxygen atoms in total. The Kier molecular flexibility index (Phi) is 4.93. The molecule has 1 atom stereocenters. The van der Waals surface area contributed by atoms with Crippen molar-refractivity contribution in [3.05, 3.63) is 0 Å². The van der Waals surface area contributed by atoms with E-state index < -0.39 is 12.0 Å². The van der Waals surface area contributed by atoms with Gasteiger partial charge in [-0.25, -0.2) is 0 Å². The number of amides is 1. The molecule has 1 unspecified atom stereocenters. The first-order valence-corrected chi connectivity index (χ1v) is 6.19. The fourth-order valence-electron chi connectivity index (χ4n) is 1.75. The molecule has 0 aliphatic heterocycles. The predicted octanol–water partition coefficient (Wildman–Crippen LogP) is 0.825. The number of hydrogen-bond acceptors (Lipinski definition) is 3. The van der Waals surface area contributed by atoms with Crippen molar-refractivity contribution in [2.75, 3.05) is 6.54 Å². The summed E-state index contributed by atoms with van der Waals surface area (Å²) in [5, 5.41) is 8.57. The lowest BCUT2D eigenvalue weighted by Crippen LogP contribution is -2.47. The largest absolute Gasteiger partial charge is 0.481 e. The van der Waals surface area contributed by atoms with E-state index >= 15 is 0 Å². The molecule has 98 valence electrons. The van der Waals surface area contributed by atoms with Crippen molar-refractivity contribution >= 4 is 11.9 Å². The van der Waals surface area contributed by atoms with Crippen molar-refractivity contribution in [1.29, 1.82) is 0 Å². The highest BCUT2D eigenvalue weighted by Gasteiger charge is 2.30. The monoisotopic (exact) mass is 242 g/mol. The van der Waals surface area contributed by atoms with Gasteiger partial charge in [0.2, 0.25) is 5.91 Å². The minimum atomic E-state index is -0.911. The lowest BCUT2D eigenvalue weighted by atomic mass is 10.1. The fourth-order valence-corrected chi connectivity index (χ4v) is 1.75. The number of hydrogen-bond donors (Lipinski definition) is 2. The Balaban J connectivity index is 2.47. The van der Waals surface area contributed by atoms with Gasteiger partial charge in [-0.1, -0.05) is 0 Å². The Morgan fingerprint density at radius 3 is 2.41 bits per heavy atom. The second-order valence-electron chi connectivity index (χ2n) is 5.07. The van der Waals surface area contributed by atoms with E-state index in [4.69, 9.17) is 10.8 Å².